The Kier molecular flexibility index (Phi) is 5.94. The molecular weight excluding hydrogens is 418 g/mol. The highest BCUT2D eigenvalue weighted by Gasteiger charge is 2.29. The van der Waals surface area contributed by atoms with E-state index >= 15 is 0 Å². The number of carboxylic acid groups (broad SMARTS) is 1. The van der Waals surface area contributed by atoms with Gasteiger partial charge in [0, 0.05) is 11.3 Å². The van der Waals surface area contributed by atoms with Crippen LogP contribution in [0.25, 0.3) is 11.1 Å². The van der Waals surface area contributed by atoms with E-state index in [1.54, 1.807) is 5.38 Å². The monoisotopic (exact) mass is 437 g/mol. The average Bonchev–Trinajstić information content (AvgIpc) is 3.32. The highest BCUT2D eigenvalue weighted by atomic mass is 32.1. The first-order valence-corrected chi connectivity index (χ1v) is 10.4. The molecule has 1 heterocycles. The second-order valence-electron chi connectivity index (χ2n) is 6.94. The number of nitrogens with zero attached hydrogens (tertiary/aromatic N) is 1. The largest absolute Gasteiger partial charge is 0.480 e. The van der Waals surface area contributed by atoms with E-state index in [1.807, 2.05) is 36.4 Å². The van der Waals surface area contributed by atoms with Gasteiger partial charge in [-0.1, -0.05) is 48.5 Å². The third-order valence-corrected chi connectivity index (χ3v) is 5.69. The number of benzene rings is 2. The third-order valence-electron chi connectivity index (χ3n) is 4.88. The minimum atomic E-state index is -1.12. The summed E-state index contributed by atoms with van der Waals surface area (Å²) in [6, 6.07) is 16.2. The molecule has 158 valence electrons. The molecule has 3 aromatic rings. The van der Waals surface area contributed by atoms with E-state index in [4.69, 9.17) is 9.84 Å². The van der Waals surface area contributed by atoms with Crippen molar-refractivity contribution in [2.24, 2.45) is 0 Å². The SMILES string of the molecule is O=C(O)CNC(=O)Cc1csc(NC(=O)OCC2c3ccccc3-c3ccccc32)n1. The van der Waals surface area contributed by atoms with E-state index in [-0.39, 0.29) is 18.9 Å². The van der Waals surface area contributed by atoms with Crippen LogP contribution in [0.1, 0.15) is 22.7 Å². The first-order chi connectivity index (χ1) is 15.0. The molecule has 0 unspecified atom stereocenters. The molecule has 0 atom stereocenters. The van der Waals surface area contributed by atoms with Gasteiger partial charge in [-0.2, -0.15) is 0 Å². The van der Waals surface area contributed by atoms with Gasteiger partial charge in [0.05, 0.1) is 12.1 Å². The van der Waals surface area contributed by atoms with E-state index in [0.717, 1.165) is 33.6 Å². The van der Waals surface area contributed by atoms with Crippen LogP contribution < -0.4 is 10.6 Å². The standard InChI is InChI=1S/C22H19N3O5S/c26-19(23-10-20(27)28)9-13-12-31-21(24-13)25-22(29)30-11-18-16-7-3-1-5-14(16)15-6-2-4-8-17(15)18/h1-8,12,18H,9-11H2,(H,23,26)(H,27,28)(H,24,25,29). The number of fused-ring (bicyclic) bond motifs is 3. The summed E-state index contributed by atoms with van der Waals surface area (Å²) in [7, 11) is 0. The Morgan fingerprint density at radius 1 is 1.03 bits per heavy atom. The van der Waals surface area contributed by atoms with Crippen molar-refractivity contribution in [2.45, 2.75) is 12.3 Å². The number of anilines is 1. The molecule has 2 amide bonds. The number of aromatic nitrogens is 1. The number of amides is 2. The number of ether oxygens (including phenoxy) is 1. The smallest absolute Gasteiger partial charge is 0.413 e. The predicted octanol–water partition coefficient (Wildman–Crippen LogP) is 3.25. The maximum absolute atomic E-state index is 12.3. The van der Waals surface area contributed by atoms with Crippen LogP contribution in [0.3, 0.4) is 0 Å². The lowest BCUT2D eigenvalue weighted by atomic mass is 9.98. The van der Waals surface area contributed by atoms with Crippen molar-refractivity contribution in [3.63, 3.8) is 0 Å². The number of nitrogens with one attached hydrogen (secondary N) is 2. The Bertz CT molecular complexity index is 1100. The highest BCUT2D eigenvalue weighted by Crippen LogP contribution is 2.44. The van der Waals surface area contributed by atoms with Crippen molar-refractivity contribution >= 4 is 34.4 Å². The quantitative estimate of drug-likeness (QED) is 0.522. The lowest BCUT2D eigenvalue weighted by Gasteiger charge is -2.14. The summed E-state index contributed by atoms with van der Waals surface area (Å²) in [5.41, 5.74) is 4.98. The van der Waals surface area contributed by atoms with Gasteiger partial charge in [-0.3, -0.25) is 14.9 Å². The van der Waals surface area contributed by atoms with Crippen LogP contribution >= 0.6 is 11.3 Å². The van der Waals surface area contributed by atoms with Gasteiger partial charge in [0.15, 0.2) is 5.13 Å². The number of hydrogen-bond donors (Lipinski definition) is 3. The fourth-order valence-electron chi connectivity index (χ4n) is 3.57. The number of hydrogen-bond acceptors (Lipinski definition) is 6. The van der Waals surface area contributed by atoms with Gasteiger partial charge in [0.1, 0.15) is 13.2 Å². The number of carbonyl (C=O) groups excluding carboxylic acids is 2. The second kappa shape index (κ2) is 8.97. The van der Waals surface area contributed by atoms with Crippen LogP contribution in [0, 0.1) is 0 Å². The summed E-state index contributed by atoms with van der Waals surface area (Å²) in [6.07, 6.45) is -0.700. The van der Waals surface area contributed by atoms with E-state index in [1.165, 1.54) is 0 Å². The van der Waals surface area contributed by atoms with Crippen molar-refractivity contribution in [1.82, 2.24) is 10.3 Å². The Labute approximate surface area is 181 Å². The van der Waals surface area contributed by atoms with Gasteiger partial charge >= 0.3 is 12.1 Å². The van der Waals surface area contributed by atoms with E-state index in [9.17, 15) is 14.4 Å². The first kappa shape index (κ1) is 20.5. The Hall–Kier alpha value is -3.72. The summed E-state index contributed by atoms with van der Waals surface area (Å²) in [4.78, 5) is 38.6. The number of thiazole rings is 1. The normalized spacial score (nSPS) is 12.0. The number of carbonyl (C=O) groups is 3. The maximum atomic E-state index is 12.3. The Morgan fingerprint density at radius 3 is 2.32 bits per heavy atom. The molecule has 31 heavy (non-hydrogen) atoms. The van der Waals surface area contributed by atoms with E-state index in [2.05, 4.69) is 27.8 Å². The summed E-state index contributed by atoms with van der Waals surface area (Å²) in [6.45, 7) is -0.260. The topological polar surface area (TPSA) is 118 Å². The molecule has 0 radical (unpaired) electrons. The minimum absolute atomic E-state index is 0.0389. The average molecular weight is 437 g/mol. The molecule has 8 nitrogen and oxygen atoms in total. The molecule has 0 fully saturated rings. The lowest BCUT2D eigenvalue weighted by Crippen LogP contribution is -2.30. The fraction of sp³-hybridized carbons (Fsp3) is 0.182. The van der Waals surface area contributed by atoms with Crippen molar-refractivity contribution in [3.05, 3.63) is 70.7 Å². The third kappa shape index (κ3) is 4.72. The molecule has 0 bridgehead atoms. The Balaban J connectivity index is 1.34. The van der Waals surface area contributed by atoms with Crippen molar-refractivity contribution in [2.75, 3.05) is 18.5 Å². The maximum Gasteiger partial charge on any atom is 0.413 e. The molecule has 1 aromatic heterocycles. The summed E-state index contributed by atoms with van der Waals surface area (Å²) < 4.78 is 5.47. The van der Waals surface area contributed by atoms with Gasteiger partial charge in [0.2, 0.25) is 5.91 Å². The van der Waals surface area contributed by atoms with E-state index < -0.39 is 24.5 Å². The summed E-state index contributed by atoms with van der Waals surface area (Å²) in [5.74, 6) is -1.62. The molecule has 0 spiro atoms. The van der Waals surface area contributed by atoms with Gasteiger partial charge in [-0.25, -0.2) is 9.78 Å². The fourth-order valence-corrected chi connectivity index (χ4v) is 4.26. The molecule has 3 N–H and O–H groups in total. The summed E-state index contributed by atoms with van der Waals surface area (Å²) >= 11 is 1.16. The van der Waals surface area contributed by atoms with Crippen molar-refractivity contribution in [1.29, 1.82) is 0 Å². The Morgan fingerprint density at radius 2 is 1.68 bits per heavy atom. The predicted molar refractivity (Wildman–Crippen MR) is 115 cm³/mol. The molecule has 0 saturated heterocycles. The zero-order valence-electron chi connectivity index (χ0n) is 16.3. The van der Waals surface area contributed by atoms with Crippen LogP contribution in [0.4, 0.5) is 9.93 Å². The lowest BCUT2D eigenvalue weighted by molar-refractivity contribution is -0.137. The van der Waals surface area contributed by atoms with Gasteiger partial charge in [0.25, 0.3) is 0 Å². The second-order valence-corrected chi connectivity index (χ2v) is 7.80. The van der Waals surface area contributed by atoms with E-state index in [0.29, 0.717) is 10.8 Å². The molecule has 1 aliphatic carbocycles. The first-order valence-electron chi connectivity index (χ1n) is 9.56. The zero-order valence-corrected chi connectivity index (χ0v) is 17.1. The summed E-state index contributed by atoms with van der Waals surface area (Å²) in [5, 5.41) is 15.3. The van der Waals surface area contributed by atoms with Gasteiger partial charge in [-0.15, -0.1) is 11.3 Å². The zero-order chi connectivity index (χ0) is 21.8. The van der Waals surface area contributed by atoms with Gasteiger partial charge in [-0.05, 0) is 22.3 Å². The number of aliphatic carboxylic acids is 1. The van der Waals surface area contributed by atoms with Crippen LogP contribution in [0.5, 0.6) is 0 Å². The van der Waals surface area contributed by atoms with Crippen molar-refractivity contribution in [3.8, 4) is 11.1 Å². The van der Waals surface area contributed by atoms with Crippen LogP contribution in [0.2, 0.25) is 0 Å². The molecular formula is C22H19N3O5S. The van der Waals surface area contributed by atoms with Crippen LogP contribution in [0.15, 0.2) is 53.9 Å². The minimum Gasteiger partial charge on any atom is -0.480 e. The van der Waals surface area contributed by atoms with Crippen LogP contribution in [-0.4, -0.2) is 41.2 Å². The van der Waals surface area contributed by atoms with Crippen LogP contribution in [-0.2, 0) is 20.7 Å². The van der Waals surface area contributed by atoms with Gasteiger partial charge < -0.3 is 15.2 Å². The molecule has 2 aromatic carbocycles. The molecule has 0 aliphatic heterocycles. The molecule has 0 saturated carbocycles. The molecule has 4 rings (SSSR count). The molecule has 1 aliphatic rings. The molecule has 9 heteroatoms. The number of rotatable bonds is 7. The number of carboxylic acids is 1. The highest BCUT2D eigenvalue weighted by molar-refractivity contribution is 7.13. The van der Waals surface area contributed by atoms with Crippen molar-refractivity contribution < 1.29 is 24.2 Å².